The third kappa shape index (κ3) is 69.5. The molecule has 0 aliphatic rings. The number of carbonyl (C=O) groups excluding carboxylic acids is 3. The number of allylic oxidation sites excluding steroid dienone is 12. The first-order chi connectivity index (χ1) is 41.0. The van der Waals surface area contributed by atoms with Gasteiger partial charge in [-0.2, -0.15) is 0 Å². The van der Waals surface area contributed by atoms with Crippen molar-refractivity contribution in [3.05, 3.63) is 72.9 Å². The van der Waals surface area contributed by atoms with Crippen molar-refractivity contribution in [3.63, 3.8) is 0 Å². The fourth-order valence-corrected chi connectivity index (χ4v) is 10.8. The molecule has 0 spiro atoms. The molecule has 6 nitrogen and oxygen atoms in total. The fraction of sp³-hybridized carbons (Fsp3) is 0.805. The quantitative estimate of drug-likeness (QED) is 0.0261. The predicted molar refractivity (Wildman–Crippen MR) is 362 cm³/mol. The smallest absolute Gasteiger partial charge is 0.306 e. The van der Waals surface area contributed by atoms with Crippen LogP contribution in [0.15, 0.2) is 72.9 Å². The number of unbranched alkanes of at least 4 members (excludes halogenated alkanes) is 44. The zero-order chi connectivity index (χ0) is 59.9. The van der Waals surface area contributed by atoms with Gasteiger partial charge in [0.15, 0.2) is 6.10 Å². The third-order valence-corrected chi connectivity index (χ3v) is 16.2. The molecule has 0 aliphatic carbocycles. The lowest BCUT2D eigenvalue weighted by molar-refractivity contribution is -0.167. The van der Waals surface area contributed by atoms with E-state index in [1.165, 1.54) is 244 Å². The minimum atomic E-state index is -0.775. The highest BCUT2D eigenvalue weighted by Gasteiger charge is 2.19. The normalized spacial score (nSPS) is 12.5. The van der Waals surface area contributed by atoms with Crippen LogP contribution in [-0.2, 0) is 28.6 Å². The molecule has 83 heavy (non-hydrogen) atoms. The van der Waals surface area contributed by atoms with Gasteiger partial charge >= 0.3 is 17.9 Å². The highest BCUT2D eigenvalue weighted by molar-refractivity contribution is 5.71. The molecule has 0 aromatic carbocycles. The highest BCUT2D eigenvalue weighted by atomic mass is 16.6. The first-order valence-electron chi connectivity index (χ1n) is 36.4. The van der Waals surface area contributed by atoms with Gasteiger partial charge in [-0.1, -0.05) is 363 Å². The van der Waals surface area contributed by atoms with Crippen molar-refractivity contribution < 1.29 is 28.6 Å². The molecule has 0 amide bonds. The number of rotatable bonds is 67. The van der Waals surface area contributed by atoms with Gasteiger partial charge < -0.3 is 14.2 Å². The highest BCUT2D eigenvalue weighted by Crippen LogP contribution is 2.18. The second-order valence-corrected chi connectivity index (χ2v) is 24.5. The molecule has 0 aliphatic heterocycles. The van der Waals surface area contributed by atoms with Crippen molar-refractivity contribution >= 4 is 17.9 Å². The van der Waals surface area contributed by atoms with E-state index < -0.39 is 6.10 Å². The van der Waals surface area contributed by atoms with Crippen LogP contribution in [0, 0.1) is 0 Å². The van der Waals surface area contributed by atoms with E-state index in [4.69, 9.17) is 14.2 Å². The van der Waals surface area contributed by atoms with Gasteiger partial charge in [0.25, 0.3) is 0 Å². The lowest BCUT2D eigenvalue weighted by Gasteiger charge is -2.18. The van der Waals surface area contributed by atoms with Crippen LogP contribution in [0.25, 0.3) is 0 Å². The summed E-state index contributed by atoms with van der Waals surface area (Å²) in [6.07, 6.45) is 93.6. The Morgan fingerprint density at radius 3 is 0.735 bits per heavy atom. The first kappa shape index (κ1) is 79.8. The van der Waals surface area contributed by atoms with Gasteiger partial charge in [-0.05, 0) is 70.6 Å². The maximum atomic E-state index is 13.0. The molecule has 0 saturated carbocycles. The lowest BCUT2D eigenvalue weighted by Crippen LogP contribution is -2.30. The zero-order valence-corrected chi connectivity index (χ0v) is 55.5. The Kier molecular flexibility index (Phi) is 68.6. The van der Waals surface area contributed by atoms with Crippen LogP contribution in [0.1, 0.15) is 380 Å². The predicted octanol–water partition coefficient (Wildman–Crippen LogP) is 25.2. The maximum Gasteiger partial charge on any atom is 0.306 e. The Hall–Kier alpha value is -3.15. The van der Waals surface area contributed by atoms with Crippen LogP contribution in [0.4, 0.5) is 0 Å². The summed E-state index contributed by atoms with van der Waals surface area (Å²) in [6, 6.07) is 0. The van der Waals surface area contributed by atoms with E-state index in [-0.39, 0.29) is 31.1 Å². The van der Waals surface area contributed by atoms with Crippen LogP contribution in [-0.4, -0.2) is 37.2 Å². The summed E-state index contributed by atoms with van der Waals surface area (Å²) in [5.41, 5.74) is 0. The molecule has 1 unspecified atom stereocenters. The van der Waals surface area contributed by atoms with Crippen LogP contribution in [0.2, 0.25) is 0 Å². The lowest BCUT2D eigenvalue weighted by atomic mass is 10.0. The molecular weight excluding hydrogens is 1020 g/mol. The van der Waals surface area contributed by atoms with Crippen molar-refractivity contribution in [3.8, 4) is 0 Å². The molecule has 0 radical (unpaired) electrons. The molecule has 482 valence electrons. The van der Waals surface area contributed by atoms with E-state index in [0.29, 0.717) is 19.3 Å². The molecule has 0 heterocycles. The summed E-state index contributed by atoms with van der Waals surface area (Å²) >= 11 is 0. The molecule has 0 N–H and O–H groups in total. The molecule has 0 aromatic rings. The van der Waals surface area contributed by atoms with Crippen molar-refractivity contribution in [2.75, 3.05) is 13.2 Å². The van der Waals surface area contributed by atoms with Gasteiger partial charge in [0.2, 0.25) is 0 Å². The molecule has 0 bridgehead atoms. The van der Waals surface area contributed by atoms with E-state index in [1.807, 2.05) is 0 Å². The number of hydrogen-bond acceptors (Lipinski definition) is 6. The van der Waals surface area contributed by atoms with Crippen LogP contribution >= 0.6 is 0 Å². The van der Waals surface area contributed by atoms with Gasteiger partial charge in [0.05, 0.1) is 0 Å². The van der Waals surface area contributed by atoms with E-state index in [9.17, 15) is 14.4 Å². The number of carbonyl (C=O) groups is 3. The van der Waals surface area contributed by atoms with Crippen molar-refractivity contribution in [1.82, 2.24) is 0 Å². The molecule has 0 fully saturated rings. The molecule has 0 saturated heterocycles. The Bertz CT molecular complexity index is 1520. The van der Waals surface area contributed by atoms with E-state index in [1.54, 1.807) is 0 Å². The van der Waals surface area contributed by atoms with Crippen LogP contribution < -0.4 is 0 Å². The van der Waals surface area contributed by atoms with Gasteiger partial charge in [0.1, 0.15) is 13.2 Å². The average Bonchev–Trinajstić information content (AvgIpc) is 3.49. The van der Waals surface area contributed by atoms with Crippen molar-refractivity contribution in [2.45, 2.75) is 386 Å². The molecular formula is C77H138O6. The molecule has 0 rings (SSSR count). The molecule has 6 heteroatoms. The third-order valence-electron chi connectivity index (χ3n) is 16.2. The maximum absolute atomic E-state index is 13.0. The summed E-state index contributed by atoms with van der Waals surface area (Å²) in [7, 11) is 0. The number of esters is 3. The Morgan fingerprint density at radius 2 is 0.470 bits per heavy atom. The summed E-state index contributed by atoms with van der Waals surface area (Å²) in [6.45, 7) is 6.59. The minimum Gasteiger partial charge on any atom is -0.462 e. The Balaban J connectivity index is 4.27. The van der Waals surface area contributed by atoms with Crippen LogP contribution in [0.5, 0.6) is 0 Å². The second kappa shape index (κ2) is 71.3. The Morgan fingerprint density at radius 1 is 0.253 bits per heavy atom. The monoisotopic (exact) mass is 1160 g/mol. The van der Waals surface area contributed by atoms with Crippen molar-refractivity contribution in [2.24, 2.45) is 0 Å². The zero-order valence-electron chi connectivity index (χ0n) is 55.5. The fourth-order valence-electron chi connectivity index (χ4n) is 10.8. The number of ether oxygens (including phenoxy) is 3. The molecule has 1 atom stereocenters. The standard InChI is InChI=1S/C77H138O6/c1-4-7-10-13-16-19-22-25-28-30-32-34-36-37-38-39-40-41-42-44-45-47-49-52-55-58-61-64-67-70-76(79)82-73-74(72-81-75(78)69-66-63-60-57-54-51-27-24-21-18-15-12-9-6-3)83-77(80)71-68-65-62-59-56-53-50-48-46-43-35-33-31-29-26-23-20-17-14-11-8-5-2/h7,10,16,19,25,28,32,34,37-38,40-41,74H,4-6,8-9,11-15,17-18,20-24,26-27,29-31,33,35-36,39,42-73H2,1-3H3/b10-7-,19-16-,28-25-,34-32-,38-37-,41-40-. The van der Waals surface area contributed by atoms with Crippen LogP contribution in [0.3, 0.4) is 0 Å². The van der Waals surface area contributed by atoms with E-state index >= 15 is 0 Å². The SMILES string of the molecule is CC/C=C\C/C=C\C/C=C\C/C=C\C/C=C\C/C=C\CCCCCCCCCCCCC(=O)OCC(COC(=O)CCCCCCCCCCCCCCCC)OC(=O)CCCCCCCCCCCCCCCCCCCCCCCC. The van der Waals surface area contributed by atoms with Gasteiger partial charge in [-0.25, -0.2) is 0 Å². The van der Waals surface area contributed by atoms with Gasteiger partial charge in [0, 0.05) is 19.3 Å². The van der Waals surface area contributed by atoms with Crippen molar-refractivity contribution in [1.29, 1.82) is 0 Å². The van der Waals surface area contributed by atoms with Gasteiger partial charge in [-0.15, -0.1) is 0 Å². The largest absolute Gasteiger partial charge is 0.462 e. The molecule has 0 aromatic heterocycles. The summed E-state index contributed by atoms with van der Waals surface area (Å²) in [5, 5.41) is 0. The average molecular weight is 1160 g/mol. The second-order valence-electron chi connectivity index (χ2n) is 24.5. The van der Waals surface area contributed by atoms with Gasteiger partial charge in [-0.3, -0.25) is 14.4 Å². The number of hydrogen-bond donors (Lipinski definition) is 0. The summed E-state index contributed by atoms with van der Waals surface area (Å²) in [4.78, 5) is 38.5. The summed E-state index contributed by atoms with van der Waals surface area (Å²) < 4.78 is 17.0. The topological polar surface area (TPSA) is 78.9 Å². The summed E-state index contributed by atoms with van der Waals surface area (Å²) in [5.74, 6) is -0.848. The first-order valence-corrected chi connectivity index (χ1v) is 36.4. The Labute approximate surface area is 516 Å². The van der Waals surface area contributed by atoms with E-state index in [2.05, 4.69) is 93.7 Å². The minimum absolute atomic E-state index is 0.0701. The van der Waals surface area contributed by atoms with E-state index in [0.717, 1.165) is 96.3 Å².